The molecule has 1 unspecified atom stereocenters. The maximum Gasteiger partial charge on any atom is 0.242 e. The van der Waals surface area contributed by atoms with Crippen molar-refractivity contribution in [2.24, 2.45) is 0 Å². The van der Waals surface area contributed by atoms with E-state index >= 15 is 0 Å². The van der Waals surface area contributed by atoms with Crippen LogP contribution in [0.25, 0.3) is 0 Å². The highest BCUT2D eigenvalue weighted by Crippen LogP contribution is 2.26. The second kappa shape index (κ2) is 5.70. The van der Waals surface area contributed by atoms with Crippen LogP contribution in [-0.4, -0.2) is 11.9 Å². The van der Waals surface area contributed by atoms with Crippen molar-refractivity contribution < 1.29 is 9.18 Å². The first-order valence-electron chi connectivity index (χ1n) is 6.28. The lowest BCUT2D eigenvalue weighted by atomic mass is 10.0. The van der Waals surface area contributed by atoms with Gasteiger partial charge >= 0.3 is 0 Å². The molecule has 18 heavy (non-hydrogen) atoms. The number of hydrogen-bond acceptors (Lipinski definition) is 1. The fraction of sp³-hybridized carbons (Fsp3) is 0.500. The van der Waals surface area contributed by atoms with E-state index in [1.54, 1.807) is 13.0 Å². The average molecular weight is 270 g/mol. The zero-order valence-electron chi connectivity index (χ0n) is 10.4. The van der Waals surface area contributed by atoms with E-state index in [0.717, 1.165) is 25.7 Å². The van der Waals surface area contributed by atoms with Crippen molar-refractivity contribution in [1.82, 2.24) is 5.32 Å². The van der Waals surface area contributed by atoms with E-state index in [-0.39, 0.29) is 17.8 Å². The maximum atomic E-state index is 13.0. The Labute approximate surface area is 112 Å². The Morgan fingerprint density at radius 2 is 2.11 bits per heavy atom. The molecule has 1 aliphatic rings. The maximum absolute atomic E-state index is 13.0. The number of rotatable bonds is 3. The summed E-state index contributed by atoms with van der Waals surface area (Å²) in [6.45, 7) is 1.76. The summed E-state index contributed by atoms with van der Waals surface area (Å²) in [6.07, 6.45) is 4.37. The molecule has 0 radical (unpaired) electrons. The van der Waals surface area contributed by atoms with E-state index in [4.69, 9.17) is 11.6 Å². The Balaban J connectivity index is 2.05. The Morgan fingerprint density at radius 1 is 1.44 bits per heavy atom. The number of nitrogens with one attached hydrogen (secondary N) is 1. The van der Waals surface area contributed by atoms with Crippen LogP contribution >= 0.6 is 11.6 Å². The van der Waals surface area contributed by atoms with Gasteiger partial charge in [-0.25, -0.2) is 4.39 Å². The molecule has 2 rings (SSSR count). The first-order valence-corrected chi connectivity index (χ1v) is 6.72. The monoisotopic (exact) mass is 269 g/mol. The van der Waals surface area contributed by atoms with Crippen molar-refractivity contribution in [3.63, 3.8) is 0 Å². The molecule has 98 valence electrons. The van der Waals surface area contributed by atoms with Gasteiger partial charge in [-0.2, -0.15) is 0 Å². The Bertz CT molecular complexity index is 443. The molecule has 4 heteroatoms. The van der Waals surface area contributed by atoms with Crippen LogP contribution in [0.5, 0.6) is 0 Å². The first-order chi connectivity index (χ1) is 8.58. The molecule has 1 aromatic rings. The van der Waals surface area contributed by atoms with E-state index in [9.17, 15) is 9.18 Å². The van der Waals surface area contributed by atoms with E-state index in [2.05, 4.69) is 5.32 Å². The van der Waals surface area contributed by atoms with E-state index in [1.807, 2.05) is 0 Å². The number of benzene rings is 1. The van der Waals surface area contributed by atoms with Crippen molar-refractivity contribution in [1.29, 1.82) is 0 Å². The minimum Gasteiger partial charge on any atom is -0.352 e. The summed E-state index contributed by atoms with van der Waals surface area (Å²) in [6, 6.07) is 4.56. The lowest BCUT2D eigenvalue weighted by Gasteiger charge is -2.17. The number of halogens is 2. The van der Waals surface area contributed by atoms with Crippen molar-refractivity contribution in [3.8, 4) is 0 Å². The molecule has 2 nitrogen and oxygen atoms in total. The Morgan fingerprint density at radius 3 is 2.72 bits per heavy atom. The van der Waals surface area contributed by atoms with E-state index in [0.29, 0.717) is 11.1 Å². The van der Waals surface area contributed by atoms with Crippen LogP contribution in [0, 0.1) is 12.7 Å². The number of carbonyl (C=O) groups excluding carboxylic acids is 1. The molecule has 0 heterocycles. The topological polar surface area (TPSA) is 29.1 Å². The molecule has 0 saturated heterocycles. The quantitative estimate of drug-likeness (QED) is 0.837. The molecule has 0 aromatic heterocycles. The number of carbonyl (C=O) groups is 1. The molecule has 1 aliphatic carbocycles. The molecule has 0 spiro atoms. The second-order valence-corrected chi connectivity index (χ2v) is 5.29. The van der Waals surface area contributed by atoms with Crippen LogP contribution in [0.4, 0.5) is 4.39 Å². The predicted molar refractivity (Wildman–Crippen MR) is 70.1 cm³/mol. The van der Waals surface area contributed by atoms with Crippen molar-refractivity contribution in [3.05, 3.63) is 35.1 Å². The van der Waals surface area contributed by atoms with Crippen LogP contribution in [0.15, 0.2) is 18.2 Å². The summed E-state index contributed by atoms with van der Waals surface area (Å²) >= 11 is 6.16. The second-order valence-electron chi connectivity index (χ2n) is 4.85. The summed E-state index contributed by atoms with van der Waals surface area (Å²) < 4.78 is 13.0. The highest BCUT2D eigenvalue weighted by atomic mass is 35.5. The van der Waals surface area contributed by atoms with Gasteiger partial charge in [0.25, 0.3) is 0 Å². The van der Waals surface area contributed by atoms with Crippen LogP contribution < -0.4 is 5.32 Å². The summed E-state index contributed by atoms with van der Waals surface area (Å²) in [7, 11) is 0. The molecule has 1 atom stereocenters. The molecule has 0 bridgehead atoms. The first kappa shape index (κ1) is 13.3. The van der Waals surface area contributed by atoms with Crippen molar-refractivity contribution >= 4 is 17.5 Å². The van der Waals surface area contributed by atoms with Crippen LogP contribution in [0.1, 0.15) is 42.2 Å². The van der Waals surface area contributed by atoms with Crippen LogP contribution in [0.3, 0.4) is 0 Å². The third-order valence-corrected chi connectivity index (χ3v) is 3.87. The molecular formula is C14H17ClFNO. The molecule has 1 amide bonds. The Hall–Kier alpha value is -1.09. The molecule has 1 fully saturated rings. The zero-order valence-corrected chi connectivity index (χ0v) is 11.1. The molecule has 1 N–H and O–H groups in total. The summed E-state index contributed by atoms with van der Waals surface area (Å²) in [5, 5.41) is 2.21. The summed E-state index contributed by atoms with van der Waals surface area (Å²) in [4.78, 5) is 12.0. The fourth-order valence-corrected chi connectivity index (χ4v) is 2.72. The minimum atomic E-state index is -0.744. The summed E-state index contributed by atoms with van der Waals surface area (Å²) in [5.74, 6) is -0.491. The smallest absolute Gasteiger partial charge is 0.242 e. The van der Waals surface area contributed by atoms with Gasteiger partial charge in [0.2, 0.25) is 5.91 Å². The molecule has 1 saturated carbocycles. The van der Waals surface area contributed by atoms with Crippen LogP contribution in [-0.2, 0) is 4.79 Å². The third kappa shape index (κ3) is 3.02. The van der Waals surface area contributed by atoms with Gasteiger partial charge in [0, 0.05) is 6.04 Å². The van der Waals surface area contributed by atoms with Gasteiger partial charge in [-0.15, -0.1) is 11.6 Å². The normalized spacial score (nSPS) is 17.7. The van der Waals surface area contributed by atoms with Gasteiger partial charge in [0.1, 0.15) is 11.2 Å². The fourth-order valence-electron chi connectivity index (χ4n) is 2.41. The largest absolute Gasteiger partial charge is 0.352 e. The van der Waals surface area contributed by atoms with Gasteiger partial charge < -0.3 is 5.32 Å². The number of aryl methyl sites for hydroxylation is 1. The average Bonchev–Trinajstić information content (AvgIpc) is 2.81. The highest BCUT2D eigenvalue weighted by Gasteiger charge is 2.24. The minimum absolute atomic E-state index is 0.182. The number of amides is 1. The predicted octanol–water partition coefficient (Wildman–Crippen LogP) is 3.47. The number of hydrogen-bond donors (Lipinski definition) is 1. The van der Waals surface area contributed by atoms with Gasteiger partial charge in [0.15, 0.2) is 0 Å². The SMILES string of the molecule is Cc1cc(F)ccc1C(Cl)C(=O)NC1CCCC1. The lowest BCUT2D eigenvalue weighted by molar-refractivity contribution is -0.121. The molecule has 1 aromatic carbocycles. The third-order valence-electron chi connectivity index (χ3n) is 3.44. The van der Waals surface area contributed by atoms with E-state index < -0.39 is 5.38 Å². The standard InChI is InChI=1S/C14H17ClFNO/c1-9-8-10(16)6-7-12(9)13(15)14(18)17-11-4-2-3-5-11/h6-8,11,13H,2-5H2,1H3,(H,17,18). The number of alkyl halides is 1. The zero-order chi connectivity index (χ0) is 13.1. The van der Waals surface area contributed by atoms with Gasteiger partial charge in [-0.05, 0) is 43.0 Å². The van der Waals surface area contributed by atoms with Crippen molar-refractivity contribution in [2.45, 2.75) is 44.0 Å². The molecular weight excluding hydrogens is 253 g/mol. The molecule has 0 aliphatic heterocycles. The lowest BCUT2D eigenvalue weighted by Crippen LogP contribution is -2.35. The van der Waals surface area contributed by atoms with Gasteiger partial charge in [-0.3, -0.25) is 4.79 Å². The van der Waals surface area contributed by atoms with Crippen molar-refractivity contribution in [2.75, 3.05) is 0 Å². The summed E-state index contributed by atoms with van der Waals surface area (Å²) in [5.41, 5.74) is 1.38. The van der Waals surface area contributed by atoms with E-state index in [1.165, 1.54) is 12.1 Å². The van der Waals surface area contributed by atoms with Gasteiger partial charge in [0.05, 0.1) is 0 Å². The highest BCUT2D eigenvalue weighted by molar-refractivity contribution is 6.30. The Kier molecular flexibility index (Phi) is 4.23. The van der Waals surface area contributed by atoms with Gasteiger partial charge in [-0.1, -0.05) is 18.9 Å². The van der Waals surface area contributed by atoms with Crippen LogP contribution in [0.2, 0.25) is 0 Å².